The van der Waals surface area contributed by atoms with Crippen LogP contribution in [0.25, 0.3) is 0 Å². The number of halogens is 3. The predicted octanol–water partition coefficient (Wildman–Crippen LogP) is 1.22. The lowest BCUT2D eigenvalue weighted by atomic mass is 9.94. The number of amides is 2. The molecule has 0 bridgehead atoms. The summed E-state index contributed by atoms with van der Waals surface area (Å²) in [6.45, 7) is 0. The van der Waals surface area contributed by atoms with Crippen molar-refractivity contribution in [1.29, 1.82) is 0 Å². The van der Waals surface area contributed by atoms with Gasteiger partial charge in [0.2, 0.25) is 11.8 Å². The zero-order valence-corrected chi connectivity index (χ0v) is 9.78. The zero-order valence-electron chi connectivity index (χ0n) is 9.02. The normalized spacial score (nSPS) is 22.5. The van der Waals surface area contributed by atoms with Gasteiger partial charge in [0.25, 0.3) is 5.69 Å². The van der Waals surface area contributed by atoms with E-state index in [1.54, 1.807) is 5.32 Å². The minimum atomic E-state index is -1.63. The number of imide groups is 1. The van der Waals surface area contributed by atoms with E-state index in [9.17, 15) is 28.5 Å². The molecule has 1 heterocycles. The lowest BCUT2D eigenvalue weighted by Crippen LogP contribution is -2.22. The number of nitrogens with zero attached hydrogens (tertiary/aromatic N) is 1. The Morgan fingerprint density at radius 1 is 1.26 bits per heavy atom. The van der Waals surface area contributed by atoms with Gasteiger partial charge in [0.1, 0.15) is 5.38 Å². The standard InChI is InChI=1S/C10H5ClF2N2O4/c11-7-6(9(16)14-10(7)17)5-4(15(18)19)2-1-3(12)8(5)13/h1-2,6-7H,(H,14,16,17). The van der Waals surface area contributed by atoms with Gasteiger partial charge >= 0.3 is 0 Å². The van der Waals surface area contributed by atoms with Crippen LogP contribution in [0.3, 0.4) is 0 Å². The summed E-state index contributed by atoms with van der Waals surface area (Å²) in [5.41, 5.74) is -1.63. The van der Waals surface area contributed by atoms with Crippen LogP contribution in [0.4, 0.5) is 14.5 Å². The van der Waals surface area contributed by atoms with Crippen LogP contribution in [0.5, 0.6) is 0 Å². The summed E-state index contributed by atoms with van der Waals surface area (Å²) >= 11 is 5.61. The molecule has 1 saturated heterocycles. The van der Waals surface area contributed by atoms with Crippen molar-refractivity contribution in [1.82, 2.24) is 5.32 Å². The molecule has 2 atom stereocenters. The Hall–Kier alpha value is -2.09. The third-order valence-corrected chi connectivity index (χ3v) is 3.14. The molecule has 100 valence electrons. The fourth-order valence-corrected chi connectivity index (χ4v) is 2.14. The number of rotatable bonds is 2. The van der Waals surface area contributed by atoms with Gasteiger partial charge in [-0.2, -0.15) is 0 Å². The zero-order chi connectivity index (χ0) is 14.3. The van der Waals surface area contributed by atoms with E-state index in [-0.39, 0.29) is 0 Å². The summed E-state index contributed by atoms with van der Waals surface area (Å²) in [6, 6.07) is 1.28. The van der Waals surface area contributed by atoms with Crippen LogP contribution in [0, 0.1) is 21.7 Å². The number of alkyl halides is 1. The quantitative estimate of drug-likeness (QED) is 0.384. The summed E-state index contributed by atoms with van der Waals surface area (Å²) < 4.78 is 26.9. The molecule has 6 nitrogen and oxygen atoms in total. The molecule has 0 aliphatic carbocycles. The van der Waals surface area contributed by atoms with E-state index < -0.39 is 50.9 Å². The van der Waals surface area contributed by atoms with E-state index in [0.717, 1.165) is 0 Å². The second kappa shape index (κ2) is 4.54. The highest BCUT2D eigenvalue weighted by molar-refractivity contribution is 6.37. The molecular formula is C10H5ClF2N2O4. The molecule has 1 aliphatic rings. The molecule has 1 N–H and O–H groups in total. The Morgan fingerprint density at radius 2 is 1.89 bits per heavy atom. The third-order valence-electron chi connectivity index (χ3n) is 2.69. The van der Waals surface area contributed by atoms with E-state index in [1.165, 1.54) is 0 Å². The van der Waals surface area contributed by atoms with Crippen LogP contribution >= 0.6 is 11.6 Å². The molecule has 9 heteroatoms. The lowest BCUT2D eigenvalue weighted by Gasteiger charge is -2.11. The molecule has 1 aromatic carbocycles. The van der Waals surface area contributed by atoms with Crippen molar-refractivity contribution in [2.24, 2.45) is 0 Å². The summed E-state index contributed by atoms with van der Waals surface area (Å²) in [7, 11) is 0. The Kier molecular flexibility index (Phi) is 3.19. The molecule has 0 radical (unpaired) electrons. The van der Waals surface area contributed by atoms with Crippen molar-refractivity contribution in [2.75, 3.05) is 0 Å². The largest absolute Gasteiger partial charge is 0.295 e. The minimum Gasteiger partial charge on any atom is -0.295 e. The second-order valence-electron chi connectivity index (χ2n) is 3.78. The average Bonchev–Trinajstić information content (AvgIpc) is 2.57. The van der Waals surface area contributed by atoms with E-state index in [4.69, 9.17) is 11.6 Å². The molecule has 2 unspecified atom stereocenters. The van der Waals surface area contributed by atoms with Gasteiger partial charge in [-0.15, -0.1) is 11.6 Å². The van der Waals surface area contributed by atoms with Crippen molar-refractivity contribution in [3.8, 4) is 0 Å². The van der Waals surface area contributed by atoms with Gasteiger partial charge < -0.3 is 0 Å². The topological polar surface area (TPSA) is 89.3 Å². The molecule has 2 amide bonds. The molecule has 0 spiro atoms. The van der Waals surface area contributed by atoms with Gasteiger partial charge in [0.05, 0.1) is 16.4 Å². The summed E-state index contributed by atoms with van der Waals surface area (Å²) in [6.07, 6.45) is 0. The van der Waals surface area contributed by atoms with Crippen molar-refractivity contribution in [3.05, 3.63) is 39.4 Å². The fraction of sp³-hybridized carbons (Fsp3) is 0.200. The van der Waals surface area contributed by atoms with Crippen LogP contribution in [0.2, 0.25) is 0 Å². The molecule has 2 rings (SSSR count). The number of hydrogen-bond acceptors (Lipinski definition) is 4. The van der Waals surface area contributed by atoms with E-state index in [0.29, 0.717) is 12.1 Å². The van der Waals surface area contributed by atoms with E-state index >= 15 is 0 Å². The van der Waals surface area contributed by atoms with Crippen molar-refractivity contribution < 1.29 is 23.3 Å². The number of nitro benzene ring substituents is 1. The van der Waals surface area contributed by atoms with Gasteiger partial charge in [-0.25, -0.2) is 8.78 Å². The second-order valence-corrected chi connectivity index (χ2v) is 4.25. The van der Waals surface area contributed by atoms with Gasteiger partial charge in [-0.3, -0.25) is 25.0 Å². The maximum atomic E-state index is 13.7. The number of carbonyl (C=O) groups is 2. The maximum Gasteiger partial charge on any atom is 0.276 e. The van der Waals surface area contributed by atoms with Crippen LogP contribution in [0.15, 0.2) is 12.1 Å². The SMILES string of the molecule is O=C1NC(=O)C(c2c([N+](=O)[O-])ccc(F)c2F)C1Cl. The smallest absolute Gasteiger partial charge is 0.276 e. The highest BCUT2D eigenvalue weighted by Crippen LogP contribution is 2.37. The van der Waals surface area contributed by atoms with Gasteiger partial charge in [-0.05, 0) is 6.07 Å². The Balaban J connectivity index is 2.67. The fourth-order valence-electron chi connectivity index (χ4n) is 1.84. The lowest BCUT2D eigenvalue weighted by molar-refractivity contribution is -0.385. The molecule has 0 saturated carbocycles. The summed E-state index contributed by atoms with van der Waals surface area (Å²) in [4.78, 5) is 32.5. The maximum absolute atomic E-state index is 13.7. The first-order valence-corrected chi connectivity index (χ1v) is 5.39. The summed E-state index contributed by atoms with van der Waals surface area (Å²) in [5, 5.41) is 11.1. The molecular weight excluding hydrogens is 286 g/mol. The number of nitrogens with one attached hydrogen (secondary N) is 1. The molecule has 1 aromatic rings. The van der Waals surface area contributed by atoms with Gasteiger partial charge in [-0.1, -0.05) is 0 Å². The van der Waals surface area contributed by atoms with Crippen molar-refractivity contribution in [2.45, 2.75) is 11.3 Å². The number of benzene rings is 1. The van der Waals surface area contributed by atoms with Gasteiger partial charge in [0, 0.05) is 6.07 Å². The number of hydrogen-bond donors (Lipinski definition) is 1. The first kappa shape index (κ1) is 13.3. The van der Waals surface area contributed by atoms with Crippen molar-refractivity contribution >= 4 is 29.1 Å². The van der Waals surface area contributed by atoms with Crippen LogP contribution in [0.1, 0.15) is 11.5 Å². The average molecular weight is 291 g/mol. The van der Waals surface area contributed by atoms with Crippen LogP contribution < -0.4 is 5.32 Å². The third kappa shape index (κ3) is 2.03. The minimum absolute atomic E-state index is 0.564. The van der Waals surface area contributed by atoms with E-state index in [1.807, 2.05) is 0 Å². The number of nitro groups is 1. The predicted molar refractivity (Wildman–Crippen MR) is 58.5 cm³/mol. The monoisotopic (exact) mass is 290 g/mol. The summed E-state index contributed by atoms with van der Waals surface area (Å²) in [5.74, 6) is -6.47. The molecule has 1 fully saturated rings. The highest BCUT2D eigenvalue weighted by Gasteiger charge is 2.46. The Labute approximate surface area is 109 Å². The van der Waals surface area contributed by atoms with E-state index in [2.05, 4.69) is 0 Å². The Bertz CT molecular complexity index is 607. The van der Waals surface area contributed by atoms with Crippen LogP contribution in [-0.4, -0.2) is 22.1 Å². The molecule has 19 heavy (non-hydrogen) atoms. The van der Waals surface area contributed by atoms with Crippen LogP contribution in [-0.2, 0) is 9.59 Å². The van der Waals surface area contributed by atoms with Gasteiger partial charge in [0.15, 0.2) is 11.6 Å². The molecule has 0 aromatic heterocycles. The Morgan fingerprint density at radius 3 is 2.37 bits per heavy atom. The first-order valence-electron chi connectivity index (χ1n) is 4.95. The highest BCUT2D eigenvalue weighted by atomic mass is 35.5. The van der Waals surface area contributed by atoms with Crippen molar-refractivity contribution in [3.63, 3.8) is 0 Å². The number of carbonyl (C=O) groups excluding carboxylic acids is 2. The molecule has 1 aliphatic heterocycles. The first-order chi connectivity index (χ1) is 8.84.